The number of carbonyl (C=O) groups is 1. The Bertz CT molecular complexity index is 593. The molecular formula is C14H16N2O2S. The fourth-order valence-corrected chi connectivity index (χ4v) is 2.55. The van der Waals surface area contributed by atoms with Gasteiger partial charge in [0.2, 0.25) is 0 Å². The summed E-state index contributed by atoms with van der Waals surface area (Å²) >= 11 is 1.64. The summed E-state index contributed by atoms with van der Waals surface area (Å²) in [5.74, 6) is 0.381. The monoisotopic (exact) mass is 276 g/mol. The van der Waals surface area contributed by atoms with Crippen molar-refractivity contribution in [3.8, 4) is 5.75 Å². The smallest absolute Gasteiger partial charge is 0.251 e. The predicted octanol–water partition coefficient (Wildman–Crippen LogP) is 2.58. The highest BCUT2D eigenvalue weighted by molar-refractivity contribution is 7.10. The fourth-order valence-electron chi connectivity index (χ4n) is 1.70. The summed E-state index contributed by atoms with van der Waals surface area (Å²) in [6.07, 6.45) is 0. The summed E-state index contributed by atoms with van der Waals surface area (Å²) in [7, 11) is 1.53. The molecule has 0 saturated heterocycles. The molecule has 1 amide bonds. The molecule has 0 saturated carbocycles. The van der Waals surface area contributed by atoms with E-state index in [9.17, 15) is 4.79 Å². The first-order chi connectivity index (χ1) is 9.11. The van der Waals surface area contributed by atoms with Crippen molar-refractivity contribution in [1.82, 2.24) is 5.32 Å². The second-order valence-corrected chi connectivity index (χ2v) is 5.17. The molecule has 0 aliphatic rings. The normalized spacial score (nSPS) is 10.2. The van der Waals surface area contributed by atoms with Gasteiger partial charge in [-0.05, 0) is 42.1 Å². The molecule has 0 aliphatic carbocycles. The van der Waals surface area contributed by atoms with Crippen molar-refractivity contribution >= 4 is 22.9 Å². The van der Waals surface area contributed by atoms with Crippen LogP contribution in [0.1, 0.15) is 20.8 Å². The molecule has 2 aromatic rings. The van der Waals surface area contributed by atoms with Gasteiger partial charge in [0, 0.05) is 10.4 Å². The zero-order chi connectivity index (χ0) is 13.8. The molecule has 4 nitrogen and oxygen atoms in total. The number of anilines is 1. The minimum atomic E-state index is -0.133. The first-order valence-corrected chi connectivity index (χ1v) is 6.74. The lowest BCUT2D eigenvalue weighted by Gasteiger charge is -2.08. The molecule has 0 radical (unpaired) electrons. The molecule has 0 unspecified atom stereocenters. The van der Waals surface area contributed by atoms with Gasteiger partial charge in [-0.3, -0.25) is 4.79 Å². The molecule has 2 rings (SSSR count). The van der Waals surface area contributed by atoms with E-state index in [0.29, 0.717) is 23.5 Å². The number of nitrogen functional groups attached to an aromatic ring is 1. The van der Waals surface area contributed by atoms with E-state index in [1.165, 1.54) is 12.7 Å². The van der Waals surface area contributed by atoms with E-state index in [-0.39, 0.29) is 5.91 Å². The van der Waals surface area contributed by atoms with Crippen molar-refractivity contribution in [1.29, 1.82) is 0 Å². The van der Waals surface area contributed by atoms with E-state index >= 15 is 0 Å². The van der Waals surface area contributed by atoms with Crippen LogP contribution >= 0.6 is 11.3 Å². The lowest BCUT2D eigenvalue weighted by atomic mass is 10.1. The number of aryl methyl sites for hydroxylation is 1. The maximum Gasteiger partial charge on any atom is 0.251 e. The maximum atomic E-state index is 12.0. The average molecular weight is 276 g/mol. The van der Waals surface area contributed by atoms with Crippen LogP contribution in [0.3, 0.4) is 0 Å². The first-order valence-electron chi connectivity index (χ1n) is 5.86. The predicted molar refractivity (Wildman–Crippen MR) is 77.6 cm³/mol. The molecule has 0 bridgehead atoms. The number of carbonyl (C=O) groups excluding carboxylic acids is 1. The van der Waals surface area contributed by atoms with Crippen LogP contribution in [0.15, 0.2) is 29.6 Å². The van der Waals surface area contributed by atoms with Crippen LogP contribution in [-0.4, -0.2) is 13.0 Å². The van der Waals surface area contributed by atoms with Gasteiger partial charge in [0.1, 0.15) is 5.75 Å². The highest BCUT2D eigenvalue weighted by Gasteiger charge is 2.09. The Morgan fingerprint density at radius 3 is 2.84 bits per heavy atom. The first kappa shape index (κ1) is 13.4. The van der Waals surface area contributed by atoms with Crippen LogP contribution in [0.25, 0.3) is 0 Å². The number of rotatable bonds is 4. The van der Waals surface area contributed by atoms with E-state index in [0.717, 1.165) is 4.88 Å². The van der Waals surface area contributed by atoms with E-state index in [2.05, 4.69) is 5.32 Å². The molecule has 1 aromatic carbocycles. The van der Waals surface area contributed by atoms with Crippen LogP contribution in [0.2, 0.25) is 0 Å². The highest BCUT2D eigenvalue weighted by Crippen LogP contribution is 2.22. The standard InChI is InChI=1S/C14H16N2O2S/c1-9-5-6-19-13(9)8-16-14(17)10-3-4-11(15)12(7-10)18-2/h3-7H,8,15H2,1-2H3,(H,16,17). The second kappa shape index (κ2) is 5.75. The van der Waals surface area contributed by atoms with Crippen molar-refractivity contribution in [3.63, 3.8) is 0 Å². The van der Waals surface area contributed by atoms with Crippen molar-refractivity contribution in [2.24, 2.45) is 0 Å². The highest BCUT2D eigenvalue weighted by atomic mass is 32.1. The largest absolute Gasteiger partial charge is 0.495 e. The summed E-state index contributed by atoms with van der Waals surface area (Å²) in [5, 5.41) is 4.90. The lowest BCUT2D eigenvalue weighted by Crippen LogP contribution is -2.22. The number of nitrogens with one attached hydrogen (secondary N) is 1. The molecule has 0 aliphatic heterocycles. The summed E-state index contributed by atoms with van der Waals surface area (Å²) < 4.78 is 5.10. The molecular weight excluding hydrogens is 260 g/mol. The molecule has 19 heavy (non-hydrogen) atoms. The second-order valence-electron chi connectivity index (χ2n) is 4.17. The van der Waals surface area contributed by atoms with Crippen molar-refractivity contribution in [2.75, 3.05) is 12.8 Å². The van der Waals surface area contributed by atoms with Crippen LogP contribution in [0, 0.1) is 6.92 Å². The quantitative estimate of drug-likeness (QED) is 0.844. The number of amides is 1. The Kier molecular flexibility index (Phi) is 4.06. The minimum Gasteiger partial charge on any atom is -0.495 e. The third kappa shape index (κ3) is 3.06. The number of nitrogens with two attached hydrogens (primary N) is 1. The van der Waals surface area contributed by atoms with Gasteiger partial charge in [0.05, 0.1) is 19.3 Å². The number of ether oxygens (including phenoxy) is 1. The number of hydrogen-bond donors (Lipinski definition) is 2. The zero-order valence-corrected chi connectivity index (χ0v) is 11.7. The SMILES string of the molecule is COc1cc(C(=O)NCc2sccc2C)ccc1N. The van der Waals surface area contributed by atoms with Crippen LogP contribution in [0.5, 0.6) is 5.75 Å². The summed E-state index contributed by atoms with van der Waals surface area (Å²) in [4.78, 5) is 13.2. The average Bonchev–Trinajstić information content (AvgIpc) is 2.82. The molecule has 3 N–H and O–H groups in total. The van der Waals surface area contributed by atoms with Crippen molar-refractivity contribution in [3.05, 3.63) is 45.6 Å². The number of methoxy groups -OCH3 is 1. The summed E-state index contributed by atoms with van der Waals surface area (Å²) in [5.41, 5.74) is 7.97. The summed E-state index contributed by atoms with van der Waals surface area (Å²) in [6, 6.07) is 7.04. The van der Waals surface area contributed by atoms with Crippen LogP contribution < -0.4 is 15.8 Å². The Hall–Kier alpha value is -2.01. The van der Waals surface area contributed by atoms with Gasteiger partial charge in [-0.1, -0.05) is 0 Å². The van der Waals surface area contributed by atoms with Gasteiger partial charge >= 0.3 is 0 Å². The zero-order valence-electron chi connectivity index (χ0n) is 10.9. The van der Waals surface area contributed by atoms with Crippen LogP contribution in [-0.2, 0) is 6.54 Å². The van der Waals surface area contributed by atoms with Gasteiger partial charge in [-0.25, -0.2) is 0 Å². The van der Waals surface area contributed by atoms with Crippen LogP contribution in [0.4, 0.5) is 5.69 Å². The van der Waals surface area contributed by atoms with Gasteiger partial charge in [0.25, 0.3) is 5.91 Å². The molecule has 0 spiro atoms. The van der Waals surface area contributed by atoms with Gasteiger partial charge in [-0.2, -0.15) is 0 Å². The molecule has 5 heteroatoms. The van der Waals surface area contributed by atoms with Gasteiger partial charge in [0.15, 0.2) is 0 Å². The molecule has 0 fully saturated rings. The minimum absolute atomic E-state index is 0.133. The van der Waals surface area contributed by atoms with Crippen molar-refractivity contribution < 1.29 is 9.53 Å². The maximum absolute atomic E-state index is 12.0. The van der Waals surface area contributed by atoms with E-state index in [4.69, 9.17) is 10.5 Å². The third-order valence-corrected chi connectivity index (χ3v) is 3.90. The number of hydrogen-bond acceptors (Lipinski definition) is 4. The van der Waals surface area contributed by atoms with E-state index < -0.39 is 0 Å². The van der Waals surface area contributed by atoms with Gasteiger partial charge < -0.3 is 15.8 Å². The van der Waals surface area contributed by atoms with Crippen molar-refractivity contribution in [2.45, 2.75) is 13.5 Å². The Balaban J connectivity index is 2.06. The molecule has 0 atom stereocenters. The van der Waals surface area contributed by atoms with Gasteiger partial charge in [-0.15, -0.1) is 11.3 Å². The third-order valence-electron chi connectivity index (χ3n) is 2.87. The van der Waals surface area contributed by atoms with E-state index in [1.54, 1.807) is 29.5 Å². The van der Waals surface area contributed by atoms with E-state index in [1.807, 2.05) is 18.4 Å². The Labute approximate surface area is 116 Å². The topological polar surface area (TPSA) is 64.3 Å². The molecule has 100 valence electrons. The Morgan fingerprint density at radius 1 is 1.42 bits per heavy atom. The summed E-state index contributed by atoms with van der Waals surface area (Å²) in [6.45, 7) is 2.57. The number of benzene rings is 1. The molecule has 1 heterocycles. The Morgan fingerprint density at radius 2 is 2.21 bits per heavy atom. The molecule has 1 aromatic heterocycles. The lowest BCUT2D eigenvalue weighted by molar-refractivity contribution is 0.0951. The number of thiophene rings is 1. The fraction of sp³-hybridized carbons (Fsp3) is 0.214.